The summed E-state index contributed by atoms with van der Waals surface area (Å²) in [4.78, 5) is 28.2. The van der Waals surface area contributed by atoms with E-state index in [-0.39, 0.29) is 6.04 Å². The maximum atomic E-state index is 12.6. The molecule has 3 aromatic rings. The molecule has 0 fully saturated rings. The third-order valence-electron chi connectivity index (χ3n) is 5.38. The number of halogens is 3. The molecule has 2 aromatic carbocycles. The number of hydrogen-bond acceptors (Lipinski definition) is 5. The van der Waals surface area contributed by atoms with E-state index in [0.717, 1.165) is 47.0 Å². The molecule has 1 heterocycles. The molecule has 1 aromatic heterocycles. The van der Waals surface area contributed by atoms with Gasteiger partial charge in [-0.3, -0.25) is 15.2 Å². The van der Waals surface area contributed by atoms with Gasteiger partial charge in [-0.1, -0.05) is 18.2 Å². The van der Waals surface area contributed by atoms with Gasteiger partial charge in [0.15, 0.2) is 0 Å². The molecule has 0 aliphatic carbocycles. The van der Waals surface area contributed by atoms with E-state index in [1.54, 1.807) is 13.3 Å². The van der Waals surface area contributed by atoms with Gasteiger partial charge in [0.05, 0.1) is 23.9 Å². The van der Waals surface area contributed by atoms with Gasteiger partial charge in [0.1, 0.15) is 5.75 Å². The Bertz CT molecular complexity index is 1250. The van der Waals surface area contributed by atoms with E-state index in [1.165, 1.54) is 18.2 Å². The van der Waals surface area contributed by atoms with Crippen LogP contribution in [-0.2, 0) is 11.0 Å². The summed E-state index contributed by atoms with van der Waals surface area (Å²) in [6, 6.07) is 11.5. The van der Waals surface area contributed by atoms with Crippen molar-refractivity contribution in [3.05, 3.63) is 71.9 Å². The summed E-state index contributed by atoms with van der Waals surface area (Å²) in [5.74, 6) is 0.0942. The van der Waals surface area contributed by atoms with Crippen LogP contribution in [0.15, 0.2) is 60.8 Å². The van der Waals surface area contributed by atoms with E-state index in [4.69, 9.17) is 4.74 Å². The number of fused-ring (bicyclic) bond motifs is 1. The fraction of sp³-hybridized carbons (Fsp3) is 0.269. The van der Waals surface area contributed by atoms with E-state index in [2.05, 4.69) is 26.5 Å². The normalized spacial score (nSPS) is 12.2. The number of nitrogens with one attached hydrogen (secondary N) is 4. The first-order valence-electron chi connectivity index (χ1n) is 11.5. The van der Waals surface area contributed by atoms with Gasteiger partial charge < -0.3 is 15.4 Å². The highest BCUT2D eigenvalue weighted by Crippen LogP contribution is 2.29. The number of benzene rings is 2. The van der Waals surface area contributed by atoms with Crippen molar-refractivity contribution in [3.8, 4) is 5.75 Å². The fourth-order valence-electron chi connectivity index (χ4n) is 3.50. The van der Waals surface area contributed by atoms with Crippen molar-refractivity contribution < 1.29 is 27.5 Å². The molecular formula is C26H28F3N5O3. The largest absolute Gasteiger partial charge is 0.497 e. The highest BCUT2D eigenvalue weighted by molar-refractivity contribution is 5.93. The maximum absolute atomic E-state index is 12.6. The van der Waals surface area contributed by atoms with Crippen molar-refractivity contribution in [2.45, 2.75) is 32.0 Å². The van der Waals surface area contributed by atoms with Crippen LogP contribution in [0, 0.1) is 0 Å². The number of hydrogen-bond donors (Lipinski definition) is 4. The number of carbonyl (C=O) groups excluding carboxylic acids is 2. The van der Waals surface area contributed by atoms with Crippen molar-refractivity contribution in [2.75, 3.05) is 19.0 Å². The van der Waals surface area contributed by atoms with Gasteiger partial charge in [-0.05, 0) is 55.7 Å². The summed E-state index contributed by atoms with van der Waals surface area (Å²) in [6.07, 6.45) is 1.19. The molecule has 0 aliphatic heterocycles. The Hall–Kier alpha value is -4.28. The van der Waals surface area contributed by atoms with Crippen LogP contribution >= 0.6 is 0 Å². The molecule has 37 heavy (non-hydrogen) atoms. The first-order valence-corrected chi connectivity index (χ1v) is 11.5. The van der Waals surface area contributed by atoms with Crippen LogP contribution in [0.1, 0.15) is 30.9 Å². The lowest BCUT2D eigenvalue weighted by atomic mass is 10.1. The molecule has 0 aliphatic rings. The van der Waals surface area contributed by atoms with Crippen LogP contribution in [0.25, 0.3) is 17.0 Å². The van der Waals surface area contributed by atoms with Gasteiger partial charge in [-0.2, -0.15) is 13.2 Å². The predicted octanol–water partition coefficient (Wildman–Crippen LogP) is 4.89. The van der Waals surface area contributed by atoms with Crippen LogP contribution in [0.2, 0.25) is 0 Å². The van der Waals surface area contributed by atoms with Crippen LogP contribution in [0.3, 0.4) is 0 Å². The summed E-state index contributed by atoms with van der Waals surface area (Å²) < 4.78 is 43.1. The fourth-order valence-corrected chi connectivity index (χ4v) is 3.50. The van der Waals surface area contributed by atoms with Gasteiger partial charge in [0.25, 0.3) is 5.91 Å². The highest BCUT2D eigenvalue weighted by atomic mass is 19.4. The standard InChI is InChI=1S/C26H28F3N5O3/c1-17(32-22-16-21(37-2)15-19-6-4-13-30-24(19)22)5-3-14-31-25(36)34-33-23(35)12-9-18-7-10-20(11-8-18)26(27,28)29/h4,6-13,15-17,32H,3,5,14H2,1-2H3,(H,33,35)(H2,31,34,36)/b12-9+. The number of carbonyl (C=O) groups is 2. The zero-order valence-electron chi connectivity index (χ0n) is 20.4. The Morgan fingerprint density at radius 1 is 1.11 bits per heavy atom. The average molecular weight is 516 g/mol. The van der Waals surface area contributed by atoms with Gasteiger partial charge in [-0.25, -0.2) is 10.2 Å². The number of urea groups is 1. The predicted molar refractivity (Wildman–Crippen MR) is 136 cm³/mol. The van der Waals surface area contributed by atoms with Crippen molar-refractivity contribution in [1.82, 2.24) is 21.2 Å². The van der Waals surface area contributed by atoms with Crippen LogP contribution in [0.5, 0.6) is 5.75 Å². The van der Waals surface area contributed by atoms with Crippen molar-refractivity contribution >= 4 is 34.6 Å². The number of anilines is 1. The molecule has 0 spiro atoms. The second-order valence-corrected chi connectivity index (χ2v) is 8.26. The maximum Gasteiger partial charge on any atom is 0.416 e. The number of rotatable bonds is 9. The Kier molecular flexibility index (Phi) is 9.31. The summed E-state index contributed by atoms with van der Waals surface area (Å²) >= 11 is 0. The minimum Gasteiger partial charge on any atom is -0.497 e. The molecule has 1 unspecified atom stereocenters. The molecule has 196 valence electrons. The van der Waals surface area contributed by atoms with Crippen molar-refractivity contribution in [1.29, 1.82) is 0 Å². The third-order valence-corrected chi connectivity index (χ3v) is 5.38. The van der Waals surface area contributed by atoms with E-state index < -0.39 is 23.7 Å². The number of alkyl halides is 3. The average Bonchev–Trinajstić information content (AvgIpc) is 2.88. The monoisotopic (exact) mass is 515 g/mol. The lowest BCUT2D eigenvalue weighted by molar-refractivity contribution is -0.137. The molecule has 11 heteroatoms. The number of pyridine rings is 1. The zero-order valence-corrected chi connectivity index (χ0v) is 20.4. The van der Waals surface area contributed by atoms with Crippen LogP contribution in [0.4, 0.5) is 23.7 Å². The lowest BCUT2D eigenvalue weighted by Crippen LogP contribution is -2.46. The van der Waals surface area contributed by atoms with E-state index in [1.807, 2.05) is 31.2 Å². The number of hydrazine groups is 1. The molecule has 0 saturated carbocycles. The van der Waals surface area contributed by atoms with E-state index >= 15 is 0 Å². The molecule has 1 atom stereocenters. The summed E-state index contributed by atoms with van der Waals surface area (Å²) in [5.41, 5.74) is 5.76. The minimum absolute atomic E-state index is 0.0946. The van der Waals surface area contributed by atoms with Gasteiger partial charge >= 0.3 is 12.2 Å². The topological polar surface area (TPSA) is 104 Å². The van der Waals surface area contributed by atoms with E-state index in [0.29, 0.717) is 18.5 Å². The number of ether oxygens (including phenoxy) is 1. The van der Waals surface area contributed by atoms with Crippen molar-refractivity contribution in [2.24, 2.45) is 0 Å². The molecule has 0 radical (unpaired) electrons. The molecule has 8 nitrogen and oxygen atoms in total. The Morgan fingerprint density at radius 2 is 1.86 bits per heavy atom. The Balaban J connectivity index is 1.36. The first kappa shape index (κ1) is 27.3. The third kappa shape index (κ3) is 8.41. The lowest BCUT2D eigenvalue weighted by Gasteiger charge is -2.17. The second kappa shape index (κ2) is 12.6. The number of amides is 3. The molecule has 0 saturated heterocycles. The van der Waals surface area contributed by atoms with Crippen molar-refractivity contribution in [3.63, 3.8) is 0 Å². The Morgan fingerprint density at radius 3 is 2.57 bits per heavy atom. The number of aromatic nitrogens is 1. The van der Waals surface area contributed by atoms with Crippen LogP contribution < -0.4 is 26.2 Å². The Labute approximate surface area is 212 Å². The molecule has 3 amide bonds. The molecule has 4 N–H and O–H groups in total. The molecular weight excluding hydrogens is 487 g/mol. The van der Waals surface area contributed by atoms with Gasteiger partial charge in [0, 0.05) is 36.3 Å². The molecule has 0 bridgehead atoms. The summed E-state index contributed by atoms with van der Waals surface area (Å²) in [5, 5.41) is 7.04. The summed E-state index contributed by atoms with van der Waals surface area (Å²) in [6.45, 7) is 2.41. The van der Waals surface area contributed by atoms with Gasteiger partial charge in [-0.15, -0.1) is 0 Å². The van der Waals surface area contributed by atoms with Crippen LogP contribution in [-0.4, -0.2) is 36.6 Å². The zero-order chi connectivity index (χ0) is 26.8. The minimum atomic E-state index is -4.42. The molecule has 3 rings (SSSR count). The highest BCUT2D eigenvalue weighted by Gasteiger charge is 2.29. The summed E-state index contributed by atoms with van der Waals surface area (Å²) in [7, 11) is 1.61. The second-order valence-electron chi connectivity index (χ2n) is 8.26. The smallest absolute Gasteiger partial charge is 0.416 e. The number of methoxy groups -OCH3 is 1. The first-order chi connectivity index (χ1) is 17.7. The van der Waals surface area contributed by atoms with E-state index in [9.17, 15) is 22.8 Å². The van der Waals surface area contributed by atoms with Gasteiger partial charge in [0.2, 0.25) is 0 Å². The SMILES string of the molecule is COc1cc(NC(C)CCCNC(=O)NNC(=O)/C=C/c2ccc(C(F)(F)F)cc2)c2ncccc2c1. The number of nitrogens with zero attached hydrogens (tertiary/aromatic N) is 1. The quantitative estimate of drug-likeness (QED) is 0.185.